The number of amides is 1. The van der Waals surface area contributed by atoms with E-state index in [1.165, 1.54) is 36.0 Å². The Bertz CT molecular complexity index is 1060. The number of aryl methyl sites for hydroxylation is 1. The fourth-order valence-electron chi connectivity index (χ4n) is 2.46. The standard InChI is InChI=1S/C18H17N3O3S2/c1-12-10-18(21-16-5-3-2-4-15(12)16)25-11-17(22)20-13-6-8-14(9-7-13)26(19,23)24/h2-10H,11H2,1H3,(H,20,22)(H2,19,23,24). The lowest BCUT2D eigenvalue weighted by Gasteiger charge is -2.07. The number of nitrogens with two attached hydrogens (primary N) is 1. The smallest absolute Gasteiger partial charge is 0.238 e. The van der Waals surface area contributed by atoms with Gasteiger partial charge in [-0.2, -0.15) is 0 Å². The minimum atomic E-state index is -3.74. The molecule has 1 amide bonds. The van der Waals surface area contributed by atoms with Crippen LogP contribution in [-0.4, -0.2) is 25.1 Å². The van der Waals surface area contributed by atoms with Gasteiger partial charge in [0, 0.05) is 11.1 Å². The zero-order valence-electron chi connectivity index (χ0n) is 14.0. The van der Waals surface area contributed by atoms with Crippen molar-refractivity contribution in [3.05, 3.63) is 60.2 Å². The van der Waals surface area contributed by atoms with E-state index in [1.807, 2.05) is 37.3 Å². The zero-order valence-corrected chi connectivity index (χ0v) is 15.6. The lowest BCUT2D eigenvalue weighted by Crippen LogP contribution is -2.15. The van der Waals surface area contributed by atoms with Crippen LogP contribution in [0, 0.1) is 6.92 Å². The van der Waals surface area contributed by atoms with Gasteiger partial charge < -0.3 is 5.32 Å². The maximum absolute atomic E-state index is 12.1. The van der Waals surface area contributed by atoms with Crippen molar-refractivity contribution in [1.29, 1.82) is 0 Å². The number of hydrogen-bond donors (Lipinski definition) is 2. The van der Waals surface area contributed by atoms with Gasteiger partial charge in [-0.3, -0.25) is 4.79 Å². The third-order valence-corrected chi connectivity index (χ3v) is 5.56. The second-order valence-corrected chi connectivity index (χ2v) is 8.26. The number of sulfonamides is 1. The van der Waals surface area contributed by atoms with E-state index in [4.69, 9.17) is 5.14 Å². The zero-order chi connectivity index (χ0) is 18.7. The third-order valence-electron chi connectivity index (χ3n) is 3.72. The number of nitrogens with zero attached hydrogens (tertiary/aromatic N) is 1. The molecule has 0 aliphatic rings. The second-order valence-electron chi connectivity index (χ2n) is 5.70. The molecule has 0 saturated heterocycles. The van der Waals surface area contributed by atoms with Crippen LogP contribution in [0.1, 0.15) is 5.56 Å². The molecule has 134 valence electrons. The molecule has 0 unspecified atom stereocenters. The Morgan fingerprint density at radius 2 is 1.85 bits per heavy atom. The van der Waals surface area contributed by atoms with Crippen LogP contribution in [0.15, 0.2) is 64.5 Å². The van der Waals surface area contributed by atoms with Gasteiger partial charge in [0.1, 0.15) is 0 Å². The summed E-state index contributed by atoms with van der Waals surface area (Å²) in [5.41, 5.74) is 2.51. The first-order valence-electron chi connectivity index (χ1n) is 7.75. The molecular weight excluding hydrogens is 370 g/mol. The number of hydrogen-bond acceptors (Lipinski definition) is 5. The van der Waals surface area contributed by atoms with E-state index in [1.54, 1.807) is 0 Å². The first-order chi connectivity index (χ1) is 12.3. The van der Waals surface area contributed by atoms with E-state index < -0.39 is 10.0 Å². The maximum Gasteiger partial charge on any atom is 0.238 e. The van der Waals surface area contributed by atoms with Gasteiger partial charge in [-0.25, -0.2) is 18.5 Å². The van der Waals surface area contributed by atoms with Gasteiger partial charge in [-0.1, -0.05) is 30.0 Å². The van der Waals surface area contributed by atoms with E-state index in [9.17, 15) is 13.2 Å². The number of primary sulfonamides is 1. The first kappa shape index (κ1) is 18.4. The summed E-state index contributed by atoms with van der Waals surface area (Å²) in [5.74, 6) is -0.00666. The Morgan fingerprint density at radius 1 is 1.15 bits per heavy atom. The predicted octanol–water partition coefficient (Wildman–Crippen LogP) is 2.92. The SMILES string of the molecule is Cc1cc(SCC(=O)Nc2ccc(S(N)(=O)=O)cc2)nc2ccccc12. The number of benzene rings is 2. The number of rotatable bonds is 5. The van der Waals surface area contributed by atoms with Crippen molar-refractivity contribution >= 4 is 44.3 Å². The van der Waals surface area contributed by atoms with Gasteiger partial charge in [0.05, 0.1) is 21.2 Å². The third kappa shape index (κ3) is 4.40. The van der Waals surface area contributed by atoms with Gasteiger partial charge in [0.15, 0.2) is 0 Å². The van der Waals surface area contributed by atoms with Crippen molar-refractivity contribution in [1.82, 2.24) is 4.98 Å². The summed E-state index contributed by atoms with van der Waals surface area (Å²) in [4.78, 5) is 16.7. The fourth-order valence-corrected chi connectivity index (χ4v) is 3.75. The molecule has 2 aromatic carbocycles. The molecule has 1 aromatic heterocycles. The molecule has 1 heterocycles. The van der Waals surface area contributed by atoms with Gasteiger partial charge in [0.2, 0.25) is 15.9 Å². The summed E-state index contributed by atoms with van der Waals surface area (Å²) in [7, 11) is -3.74. The summed E-state index contributed by atoms with van der Waals surface area (Å²) in [6.45, 7) is 2.02. The molecule has 0 aliphatic heterocycles. The minimum absolute atomic E-state index is 0.000660. The van der Waals surface area contributed by atoms with E-state index in [0.717, 1.165) is 21.5 Å². The number of carbonyl (C=O) groups is 1. The van der Waals surface area contributed by atoms with Crippen molar-refractivity contribution in [2.24, 2.45) is 5.14 Å². The highest BCUT2D eigenvalue weighted by molar-refractivity contribution is 7.99. The van der Waals surface area contributed by atoms with Gasteiger partial charge in [-0.05, 0) is 48.9 Å². The van der Waals surface area contributed by atoms with Gasteiger partial charge >= 0.3 is 0 Å². The van der Waals surface area contributed by atoms with Crippen LogP contribution in [0.3, 0.4) is 0 Å². The molecule has 8 heteroatoms. The highest BCUT2D eigenvalue weighted by Gasteiger charge is 2.09. The minimum Gasteiger partial charge on any atom is -0.325 e. The molecule has 0 bridgehead atoms. The highest BCUT2D eigenvalue weighted by atomic mass is 32.2. The molecule has 0 fully saturated rings. The molecule has 26 heavy (non-hydrogen) atoms. The maximum atomic E-state index is 12.1. The molecule has 3 N–H and O–H groups in total. The number of nitrogens with one attached hydrogen (secondary N) is 1. The molecule has 0 radical (unpaired) electrons. The molecular formula is C18H17N3O3S2. The summed E-state index contributed by atoms with van der Waals surface area (Å²) >= 11 is 1.35. The van der Waals surface area contributed by atoms with Crippen molar-refractivity contribution < 1.29 is 13.2 Å². The fraction of sp³-hybridized carbons (Fsp3) is 0.111. The second kappa shape index (κ2) is 7.45. The van der Waals surface area contributed by atoms with Crippen LogP contribution in [0.25, 0.3) is 10.9 Å². The number of fused-ring (bicyclic) bond motifs is 1. The van der Waals surface area contributed by atoms with E-state index >= 15 is 0 Å². The number of pyridine rings is 1. The predicted molar refractivity (Wildman–Crippen MR) is 104 cm³/mol. The average molecular weight is 387 g/mol. The van der Waals surface area contributed by atoms with Crippen LogP contribution < -0.4 is 10.5 Å². The lowest BCUT2D eigenvalue weighted by molar-refractivity contribution is -0.113. The van der Waals surface area contributed by atoms with E-state index in [2.05, 4.69) is 10.3 Å². The van der Waals surface area contributed by atoms with Crippen molar-refractivity contribution in [3.63, 3.8) is 0 Å². The van der Waals surface area contributed by atoms with Crippen LogP contribution in [0.4, 0.5) is 5.69 Å². The quantitative estimate of drug-likeness (QED) is 0.655. The van der Waals surface area contributed by atoms with E-state index in [-0.39, 0.29) is 16.6 Å². The molecule has 0 spiro atoms. The molecule has 3 aromatic rings. The number of carbonyl (C=O) groups excluding carboxylic acids is 1. The normalized spacial score (nSPS) is 11.5. The van der Waals surface area contributed by atoms with Crippen LogP contribution in [0.2, 0.25) is 0 Å². The monoisotopic (exact) mass is 387 g/mol. The van der Waals surface area contributed by atoms with Crippen LogP contribution in [0.5, 0.6) is 0 Å². The summed E-state index contributed by atoms with van der Waals surface area (Å²) in [6.07, 6.45) is 0. The largest absolute Gasteiger partial charge is 0.325 e. The Balaban J connectivity index is 1.64. The summed E-state index contributed by atoms with van der Waals surface area (Å²) < 4.78 is 22.5. The summed E-state index contributed by atoms with van der Waals surface area (Å²) in [5, 5.41) is 9.64. The highest BCUT2D eigenvalue weighted by Crippen LogP contribution is 2.23. The molecule has 3 rings (SSSR count). The Morgan fingerprint density at radius 3 is 2.54 bits per heavy atom. The first-order valence-corrected chi connectivity index (χ1v) is 10.3. The van der Waals surface area contributed by atoms with Crippen molar-refractivity contribution in [3.8, 4) is 0 Å². The van der Waals surface area contributed by atoms with Crippen molar-refractivity contribution in [2.45, 2.75) is 16.8 Å². The number of anilines is 1. The molecule has 0 saturated carbocycles. The summed E-state index contributed by atoms with van der Waals surface area (Å²) in [6, 6.07) is 15.5. The lowest BCUT2D eigenvalue weighted by atomic mass is 10.1. The number of para-hydroxylation sites is 1. The molecule has 0 atom stereocenters. The number of aromatic nitrogens is 1. The topological polar surface area (TPSA) is 102 Å². The molecule has 0 aliphatic carbocycles. The van der Waals surface area contributed by atoms with Crippen LogP contribution >= 0.6 is 11.8 Å². The Hall–Kier alpha value is -2.42. The Kier molecular flexibility index (Phi) is 5.26. The van der Waals surface area contributed by atoms with E-state index in [0.29, 0.717) is 5.69 Å². The average Bonchev–Trinajstić information content (AvgIpc) is 2.60. The van der Waals surface area contributed by atoms with Crippen molar-refractivity contribution in [2.75, 3.05) is 11.1 Å². The van der Waals surface area contributed by atoms with Crippen LogP contribution in [-0.2, 0) is 14.8 Å². The molecule has 6 nitrogen and oxygen atoms in total. The number of thioether (sulfide) groups is 1. The van der Waals surface area contributed by atoms with Gasteiger partial charge in [-0.15, -0.1) is 0 Å². The van der Waals surface area contributed by atoms with Gasteiger partial charge in [0.25, 0.3) is 0 Å². The Labute approximate surface area is 155 Å².